The Kier molecular flexibility index (Phi) is 48.3. The van der Waals surface area contributed by atoms with E-state index in [1.54, 1.807) is 0 Å². The molecule has 4 unspecified atom stereocenters. The van der Waals surface area contributed by atoms with E-state index in [1.807, 2.05) is 0 Å². The fourth-order valence-electron chi connectivity index (χ4n) is 8.32. The summed E-state index contributed by atoms with van der Waals surface area (Å²) in [5.74, 6) is -0.596. The Labute approximate surface area is 379 Å². The number of carbonyl (C=O) groups excluding carboxylic acids is 1. The summed E-state index contributed by atoms with van der Waals surface area (Å²) in [7, 11) is 0. The summed E-state index contributed by atoms with van der Waals surface area (Å²) in [6, 6.07) is -1.01. The molecule has 0 rings (SSSR count). The van der Waals surface area contributed by atoms with E-state index in [-0.39, 0.29) is 0 Å². The molecule has 0 spiro atoms. The van der Waals surface area contributed by atoms with Crippen LogP contribution in [0.5, 0.6) is 0 Å². The standard InChI is InChI=1S/C55H105NO5/c1-3-5-7-9-11-13-15-17-19-21-22-23-24-25-26-27-28-29-30-31-33-35-37-39-41-43-45-47-49-53(59)55(61)56-51(50-57)54(60)52(58)48-46-44-42-40-38-36-34-32-20-18-16-14-12-10-8-6-4-2/h14,16,32,34,40,42,51-54,57-60H,3-13,15,17-31,33,35-39,41,43-50H2,1-2H3,(H,56,61)/b16-14+,34-32+,42-40+. The summed E-state index contributed by atoms with van der Waals surface area (Å²) in [6.45, 7) is 4.04. The van der Waals surface area contributed by atoms with Crippen LogP contribution in [0.15, 0.2) is 36.5 Å². The lowest BCUT2D eigenvalue weighted by Crippen LogP contribution is -2.53. The van der Waals surface area contributed by atoms with Crippen molar-refractivity contribution in [3.05, 3.63) is 36.5 Å². The van der Waals surface area contributed by atoms with Crippen LogP contribution in [-0.4, -0.2) is 57.3 Å². The second-order valence-electron chi connectivity index (χ2n) is 18.6. The molecule has 0 radical (unpaired) electrons. The number of hydrogen-bond acceptors (Lipinski definition) is 5. The lowest BCUT2D eigenvalue weighted by atomic mass is 10.00. The molecule has 0 bridgehead atoms. The van der Waals surface area contributed by atoms with Crippen molar-refractivity contribution in [1.82, 2.24) is 5.32 Å². The van der Waals surface area contributed by atoms with Crippen LogP contribution < -0.4 is 5.32 Å². The first-order valence-corrected chi connectivity index (χ1v) is 26.9. The van der Waals surface area contributed by atoms with Gasteiger partial charge in [0.2, 0.25) is 5.91 Å². The van der Waals surface area contributed by atoms with Gasteiger partial charge in [0.1, 0.15) is 12.2 Å². The van der Waals surface area contributed by atoms with E-state index in [4.69, 9.17) is 0 Å². The lowest BCUT2D eigenvalue weighted by molar-refractivity contribution is -0.132. The Balaban J connectivity index is 3.64. The molecule has 1 amide bonds. The van der Waals surface area contributed by atoms with Gasteiger partial charge >= 0.3 is 0 Å². The number of allylic oxidation sites excluding steroid dienone is 6. The van der Waals surface area contributed by atoms with Gasteiger partial charge in [0.25, 0.3) is 0 Å². The van der Waals surface area contributed by atoms with E-state index in [0.717, 1.165) is 51.4 Å². The zero-order valence-electron chi connectivity index (χ0n) is 40.7. The minimum atomic E-state index is -1.29. The molecule has 61 heavy (non-hydrogen) atoms. The normalized spacial score (nSPS) is 14.1. The summed E-state index contributed by atoms with van der Waals surface area (Å²) in [5.41, 5.74) is 0. The highest BCUT2D eigenvalue weighted by molar-refractivity contribution is 5.80. The molecule has 5 N–H and O–H groups in total. The van der Waals surface area contributed by atoms with Gasteiger partial charge in [-0.25, -0.2) is 0 Å². The van der Waals surface area contributed by atoms with Gasteiger partial charge in [-0.3, -0.25) is 4.79 Å². The third-order valence-electron chi connectivity index (χ3n) is 12.6. The van der Waals surface area contributed by atoms with Crippen molar-refractivity contribution in [3.63, 3.8) is 0 Å². The number of nitrogens with one attached hydrogen (secondary N) is 1. The van der Waals surface area contributed by atoms with Crippen molar-refractivity contribution in [2.45, 2.75) is 301 Å². The monoisotopic (exact) mass is 860 g/mol. The van der Waals surface area contributed by atoms with Crippen LogP contribution in [0.1, 0.15) is 277 Å². The molecule has 0 aromatic heterocycles. The summed E-state index contributed by atoms with van der Waals surface area (Å²) >= 11 is 0. The van der Waals surface area contributed by atoms with E-state index < -0.39 is 36.9 Å². The Morgan fingerprint density at radius 3 is 1.03 bits per heavy atom. The topological polar surface area (TPSA) is 110 Å². The predicted octanol–water partition coefficient (Wildman–Crippen LogP) is 15.2. The van der Waals surface area contributed by atoms with Gasteiger partial charge in [-0.05, 0) is 64.2 Å². The predicted molar refractivity (Wildman–Crippen MR) is 265 cm³/mol. The van der Waals surface area contributed by atoms with Crippen LogP contribution in [-0.2, 0) is 4.79 Å². The molecule has 6 nitrogen and oxygen atoms in total. The number of amides is 1. The van der Waals surface area contributed by atoms with Crippen molar-refractivity contribution in [2.24, 2.45) is 0 Å². The van der Waals surface area contributed by atoms with Crippen LogP contribution >= 0.6 is 0 Å². The number of rotatable bonds is 49. The van der Waals surface area contributed by atoms with Crippen LogP contribution in [0.25, 0.3) is 0 Å². The van der Waals surface area contributed by atoms with Gasteiger partial charge in [0, 0.05) is 0 Å². The van der Waals surface area contributed by atoms with Gasteiger partial charge < -0.3 is 25.7 Å². The van der Waals surface area contributed by atoms with E-state index >= 15 is 0 Å². The number of carbonyl (C=O) groups is 1. The van der Waals surface area contributed by atoms with Crippen molar-refractivity contribution in [2.75, 3.05) is 6.61 Å². The summed E-state index contributed by atoms with van der Waals surface area (Å²) in [4.78, 5) is 12.6. The molecule has 0 saturated carbocycles. The molecule has 0 aromatic carbocycles. The van der Waals surface area contributed by atoms with Crippen molar-refractivity contribution in [3.8, 4) is 0 Å². The maximum absolute atomic E-state index is 12.6. The van der Waals surface area contributed by atoms with E-state index in [9.17, 15) is 25.2 Å². The number of unbranched alkanes of at least 4 members (excludes halogenated alkanes) is 34. The Morgan fingerprint density at radius 2 is 0.689 bits per heavy atom. The van der Waals surface area contributed by atoms with E-state index in [0.29, 0.717) is 19.3 Å². The maximum Gasteiger partial charge on any atom is 0.249 e. The van der Waals surface area contributed by atoms with Gasteiger partial charge in [0.05, 0.1) is 18.8 Å². The highest BCUT2D eigenvalue weighted by Gasteiger charge is 2.28. The van der Waals surface area contributed by atoms with Gasteiger partial charge in [0.15, 0.2) is 0 Å². The van der Waals surface area contributed by atoms with Crippen LogP contribution in [0.4, 0.5) is 0 Å². The average Bonchev–Trinajstić information content (AvgIpc) is 3.26. The Bertz CT molecular complexity index is 966. The zero-order chi connectivity index (χ0) is 44.5. The fraction of sp³-hybridized carbons (Fsp3) is 0.873. The molecule has 0 aliphatic heterocycles. The lowest BCUT2D eigenvalue weighted by Gasteiger charge is -2.27. The second-order valence-corrected chi connectivity index (χ2v) is 18.6. The highest BCUT2D eigenvalue weighted by Crippen LogP contribution is 2.17. The van der Waals surface area contributed by atoms with E-state index in [1.165, 1.54) is 193 Å². The van der Waals surface area contributed by atoms with Crippen molar-refractivity contribution < 1.29 is 25.2 Å². The SMILES string of the molecule is CCCCCC/C=C/CC/C=C/CC/C=C/CCCC(O)C(O)C(CO)NC(=O)C(O)CCCCCCCCCCCCCCCCCCCCCCCCCCCCCC. The molecule has 0 aliphatic rings. The molecule has 0 aliphatic carbocycles. The largest absolute Gasteiger partial charge is 0.394 e. The smallest absolute Gasteiger partial charge is 0.249 e. The minimum absolute atomic E-state index is 0.362. The molecule has 360 valence electrons. The van der Waals surface area contributed by atoms with Crippen LogP contribution in [0, 0.1) is 0 Å². The number of aliphatic hydroxyl groups excluding tert-OH is 4. The second kappa shape index (κ2) is 49.5. The molecule has 0 heterocycles. The molecule has 0 fully saturated rings. The summed E-state index contributed by atoms with van der Waals surface area (Å²) < 4.78 is 0. The van der Waals surface area contributed by atoms with Crippen molar-refractivity contribution in [1.29, 1.82) is 0 Å². The van der Waals surface area contributed by atoms with Gasteiger partial charge in [-0.1, -0.05) is 249 Å². The first kappa shape index (κ1) is 59.5. The number of hydrogen-bond donors (Lipinski definition) is 5. The van der Waals surface area contributed by atoms with Crippen molar-refractivity contribution >= 4 is 5.91 Å². The maximum atomic E-state index is 12.6. The quantitative estimate of drug-likeness (QED) is 0.0309. The van der Waals surface area contributed by atoms with Gasteiger partial charge in [-0.15, -0.1) is 0 Å². The molecule has 0 saturated heterocycles. The third-order valence-corrected chi connectivity index (χ3v) is 12.6. The van der Waals surface area contributed by atoms with Crippen LogP contribution in [0.2, 0.25) is 0 Å². The van der Waals surface area contributed by atoms with Gasteiger partial charge in [-0.2, -0.15) is 0 Å². The first-order valence-electron chi connectivity index (χ1n) is 26.9. The third kappa shape index (κ3) is 43.6. The average molecular weight is 860 g/mol. The summed E-state index contributed by atoms with van der Waals surface area (Å²) in [6.07, 6.45) is 60.7. The molecular weight excluding hydrogens is 755 g/mol. The minimum Gasteiger partial charge on any atom is -0.394 e. The number of aliphatic hydroxyl groups is 4. The fourth-order valence-corrected chi connectivity index (χ4v) is 8.32. The zero-order valence-corrected chi connectivity index (χ0v) is 40.7. The first-order chi connectivity index (χ1) is 30.0. The molecule has 0 aromatic rings. The Morgan fingerprint density at radius 1 is 0.393 bits per heavy atom. The van der Waals surface area contributed by atoms with Crippen LogP contribution in [0.3, 0.4) is 0 Å². The molecule has 4 atom stereocenters. The molecule has 6 heteroatoms. The molecular formula is C55H105NO5. The van der Waals surface area contributed by atoms with E-state index in [2.05, 4.69) is 55.6 Å². The highest BCUT2D eigenvalue weighted by atomic mass is 16.3. The summed E-state index contributed by atoms with van der Waals surface area (Å²) in [5, 5.41) is 43.8. The Hall–Kier alpha value is -1.47.